The first-order chi connectivity index (χ1) is 7.50. The zero-order valence-electron chi connectivity index (χ0n) is 9.45. The molecule has 0 aromatic heterocycles. The molecule has 0 spiro atoms. The summed E-state index contributed by atoms with van der Waals surface area (Å²) < 4.78 is 24.9. The highest BCUT2D eigenvalue weighted by Crippen LogP contribution is 2.22. The fourth-order valence-corrected chi connectivity index (χ4v) is 1.37. The molecule has 90 valence electrons. The first kappa shape index (κ1) is 13.1. The van der Waals surface area contributed by atoms with E-state index < -0.39 is 12.5 Å². The molecule has 0 amide bonds. The molecule has 0 aliphatic carbocycles. The summed E-state index contributed by atoms with van der Waals surface area (Å²) in [5, 5.41) is 12.8. The number of aliphatic hydroxyl groups excluding tert-OH is 1. The molecule has 1 aromatic rings. The molecule has 1 atom stereocenters. The minimum Gasteiger partial charge on any atom is -0.387 e. The summed E-state index contributed by atoms with van der Waals surface area (Å²) in [4.78, 5) is 0. The number of rotatable bonds is 5. The highest BCUT2D eigenvalue weighted by molar-refractivity contribution is 5.26. The zero-order chi connectivity index (χ0) is 12.1. The summed E-state index contributed by atoms with van der Waals surface area (Å²) in [5.41, 5.74) is 0.465. The Morgan fingerprint density at radius 2 is 1.88 bits per heavy atom. The molecule has 1 unspecified atom stereocenters. The van der Waals surface area contributed by atoms with Crippen LogP contribution in [0.4, 0.5) is 8.78 Å². The first-order valence-electron chi connectivity index (χ1n) is 5.30. The van der Waals surface area contributed by atoms with Crippen molar-refractivity contribution in [1.82, 2.24) is 5.32 Å². The van der Waals surface area contributed by atoms with E-state index in [9.17, 15) is 13.9 Å². The van der Waals surface area contributed by atoms with Gasteiger partial charge in [-0.15, -0.1) is 0 Å². The molecule has 0 heterocycles. The largest absolute Gasteiger partial charge is 0.387 e. The number of hydrogen-bond acceptors (Lipinski definition) is 2. The average Bonchev–Trinajstić information content (AvgIpc) is 2.26. The van der Waals surface area contributed by atoms with Crippen LogP contribution in [0.1, 0.15) is 37.5 Å². The molecule has 0 radical (unpaired) electrons. The first-order valence-corrected chi connectivity index (χ1v) is 5.30. The van der Waals surface area contributed by atoms with Crippen molar-refractivity contribution in [2.75, 3.05) is 6.54 Å². The number of hydrogen-bond donors (Lipinski definition) is 2. The van der Waals surface area contributed by atoms with E-state index in [0.717, 1.165) is 0 Å². The summed E-state index contributed by atoms with van der Waals surface area (Å²) in [5.74, 6) is 0. The second kappa shape index (κ2) is 5.92. The Morgan fingerprint density at radius 1 is 1.25 bits per heavy atom. The Labute approximate surface area is 94.3 Å². The Balaban J connectivity index is 2.68. The smallest absolute Gasteiger partial charge is 0.263 e. The van der Waals surface area contributed by atoms with Gasteiger partial charge in [-0.2, -0.15) is 0 Å². The van der Waals surface area contributed by atoms with Crippen molar-refractivity contribution < 1.29 is 13.9 Å². The monoisotopic (exact) mass is 229 g/mol. The van der Waals surface area contributed by atoms with Crippen molar-refractivity contribution in [3.8, 4) is 0 Å². The minimum absolute atomic E-state index is 0.0545. The number of aliphatic hydroxyl groups is 1. The molecule has 2 N–H and O–H groups in total. The summed E-state index contributed by atoms with van der Waals surface area (Å²) in [6.45, 7) is 4.29. The molecule has 1 aromatic carbocycles. The topological polar surface area (TPSA) is 32.3 Å². The quantitative estimate of drug-likeness (QED) is 0.813. The van der Waals surface area contributed by atoms with Gasteiger partial charge in [-0.3, -0.25) is 0 Å². The lowest BCUT2D eigenvalue weighted by atomic mass is 10.1. The highest BCUT2D eigenvalue weighted by Gasteiger charge is 2.12. The van der Waals surface area contributed by atoms with Gasteiger partial charge in [0.15, 0.2) is 0 Å². The van der Waals surface area contributed by atoms with E-state index in [-0.39, 0.29) is 11.6 Å². The number of nitrogens with one attached hydrogen (secondary N) is 1. The van der Waals surface area contributed by atoms with Crippen molar-refractivity contribution in [1.29, 1.82) is 0 Å². The fraction of sp³-hybridized carbons (Fsp3) is 0.500. The molecule has 0 saturated heterocycles. The van der Waals surface area contributed by atoms with Crippen LogP contribution in [0.5, 0.6) is 0 Å². The van der Waals surface area contributed by atoms with Crippen LogP contribution in [-0.4, -0.2) is 17.7 Å². The van der Waals surface area contributed by atoms with Crippen molar-refractivity contribution in [2.24, 2.45) is 0 Å². The summed E-state index contributed by atoms with van der Waals surface area (Å²) >= 11 is 0. The molecular weight excluding hydrogens is 212 g/mol. The van der Waals surface area contributed by atoms with E-state index >= 15 is 0 Å². The van der Waals surface area contributed by atoms with Gasteiger partial charge in [0.1, 0.15) is 0 Å². The fourth-order valence-electron chi connectivity index (χ4n) is 1.37. The van der Waals surface area contributed by atoms with Gasteiger partial charge in [-0.1, -0.05) is 32.0 Å². The van der Waals surface area contributed by atoms with Crippen LogP contribution in [0, 0.1) is 0 Å². The molecule has 0 aliphatic heterocycles. The predicted octanol–water partition coefficient (Wildman–Crippen LogP) is 2.66. The van der Waals surface area contributed by atoms with Gasteiger partial charge in [0.25, 0.3) is 6.43 Å². The lowest BCUT2D eigenvalue weighted by Gasteiger charge is -2.15. The van der Waals surface area contributed by atoms with E-state index in [1.807, 2.05) is 13.8 Å². The van der Waals surface area contributed by atoms with Gasteiger partial charge < -0.3 is 10.4 Å². The van der Waals surface area contributed by atoms with Crippen molar-refractivity contribution in [3.63, 3.8) is 0 Å². The van der Waals surface area contributed by atoms with Crippen LogP contribution in [0.15, 0.2) is 24.3 Å². The van der Waals surface area contributed by atoms with Crippen LogP contribution >= 0.6 is 0 Å². The average molecular weight is 229 g/mol. The van der Waals surface area contributed by atoms with Gasteiger partial charge >= 0.3 is 0 Å². The van der Waals surface area contributed by atoms with E-state index in [0.29, 0.717) is 12.1 Å². The maximum Gasteiger partial charge on any atom is 0.263 e. The van der Waals surface area contributed by atoms with Gasteiger partial charge in [-0.25, -0.2) is 8.78 Å². The van der Waals surface area contributed by atoms with E-state index in [2.05, 4.69) is 5.32 Å². The molecule has 16 heavy (non-hydrogen) atoms. The second-order valence-corrected chi connectivity index (χ2v) is 4.05. The van der Waals surface area contributed by atoms with Crippen LogP contribution in [0.2, 0.25) is 0 Å². The third kappa shape index (κ3) is 3.87. The number of alkyl halides is 2. The summed E-state index contributed by atoms with van der Waals surface area (Å²) in [6.07, 6.45) is -3.24. The van der Waals surface area contributed by atoms with Gasteiger partial charge in [0, 0.05) is 18.2 Å². The Hall–Kier alpha value is -1.00. The SMILES string of the molecule is CC(C)NCC(O)c1cccc(C(F)F)c1. The lowest BCUT2D eigenvalue weighted by Crippen LogP contribution is -2.27. The third-order valence-corrected chi connectivity index (χ3v) is 2.27. The molecule has 0 bridgehead atoms. The maximum absolute atomic E-state index is 12.4. The number of benzene rings is 1. The van der Waals surface area contributed by atoms with Gasteiger partial charge in [-0.05, 0) is 11.6 Å². The predicted molar refractivity (Wildman–Crippen MR) is 59.5 cm³/mol. The third-order valence-electron chi connectivity index (χ3n) is 2.27. The summed E-state index contributed by atoms with van der Waals surface area (Å²) in [6, 6.07) is 6.15. The van der Waals surface area contributed by atoms with Crippen LogP contribution in [-0.2, 0) is 0 Å². The molecule has 2 nitrogen and oxygen atoms in total. The zero-order valence-corrected chi connectivity index (χ0v) is 9.45. The standard InChI is InChI=1S/C12H17F2NO/c1-8(2)15-7-11(16)9-4-3-5-10(6-9)12(13)14/h3-6,8,11-12,15-16H,7H2,1-2H3. The maximum atomic E-state index is 12.4. The number of halogens is 2. The lowest BCUT2D eigenvalue weighted by molar-refractivity contribution is 0.149. The molecule has 0 saturated carbocycles. The van der Waals surface area contributed by atoms with E-state index in [1.165, 1.54) is 18.2 Å². The summed E-state index contributed by atoms with van der Waals surface area (Å²) in [7, 11) is 0. The normalized spacial score (nSPS) is 13.4. The van der Waals surface area contributed by atoms with E-state index in [4.69, 9.17) is 0 Å². The van der Waals surface area contributed by atoms with Crippen LogP contribution in [0.3, 0.4) is 0 Å². The minimum atomic E-state index is -2.50. The van der Waals surface area contributed by atoms with Crippen molar-refractivity contribution >= 4 is 0 Å². The molecule has 0 aliphatic rings. The molecule has 1 rings (SSSR count). The van der Waals surface area contributed by atoms with E-state index in [1.54, 1.807) is 6.07 Å². The van der Waals surface area contributed by atoms with Crippen molar-refractivity contribution in [2.45, 2.75) is 32.4 Å². The molecular formula is C12H17F2NO. The van der Waals surface area contributed by atoms with Crippen LogP contribution in [0.25, 0.3) is 0 Å². The van der Waals surface area contributed by atoms with Gasteiger partial charge in [0.05, 0.1) is 6.10 Å². The molecule has 4 heteroatoms. The highest BCUT2D eigenvalue weighted by atomic mass is 19.3. The van der Waals surface area contributed by atoms with Crippen LogP contribution < -0.4 is 5.32 Å². The Bertz CT molecular complexity index is 329. The Kier molecular flexibility index (Phi) is 4.83. The van der Waals surface area contributed by atoms with Gasteiger partial charge in [0.2, 0.25) is 0 Å². The molecule has 0 fully saturated rings. The second-order valence-electron chi connectivity index (χ2n) is 4.05. The van der Waals surface area contributed by atoms with Crippen molar-refractivity contribution in [3.05, 3.63) is 35.4 Å². The Morgan fingerprint density at radius 3 is 2.44 bits per heavy atom.